The van der Waals surface area contributed by atoms with Gasteiger partial charge in [0, 0.05) is 12.1 Å². The van der Waals surface area contributed by atoms with E-state index in [4.69, 9.17) is 27.9 Å². The normalized spacial score (nSPS) is 10.2. The van der Waals surface area contributed by atoms with E-state index >= 15 is 0 Å². The Balaban J connectivity index is 2.04. The molecule has 1 amide bonds. The van der Waals surface area contributed by atoms with Gasteiger partial charge >= 0.3 is 0 Å². The van der Waals surface area contributed by atoms with Gasteiger partial charge in [0.1, 0.15) is 5.75 Å². The second-order valence-corrected chi connectivity index (χ2v) is 5.51. The maximum atomic E-state index is 11.9. The van der Waals surface area contributed by atoms with Gasteiger partial charge in [0.05, 0.1) is 20.7 Å². The highest BCUT2D eigenvalue weighted by molar-refractivity contribution is 6.33. The smallest absolute Gasteiger partial charge is 0.271 e. The van der Waals surface area contributed by atoms with Crippen molar-refractivity contribution < 1.29 is 14.5 Å². The van der Waals surface area contributed by atoms with Gasteiger partial charge in [-0.15, -0.1) is 0 Å². The van der Waals surface area contributed by atoms with E-state index in [1.54, 1.807) is 12.1 Å². The molecule has 2 rings (SSSR count). The first-order valence-electron chi connectivity index (χ1n) is 6.49. The van der Waals surface area contributed by atoms with E-state index in [1.807, 2.05) is 13.0 Å². The summed E-state index contributed by atoms with van der Waals surface area (Å²) in [6.07, 6.45) is 0. The van der Waals surface area contributed by atoms with Crippen molar-refractivity contribution in [3.8, 4) is 5.75 Å². The number of aryl methyl sites for hydroxylation is 1. The standard InChI is InChI=1S/C15H12Cl2N2O4/c1-9-2-4-12(17)14(6-9)23-8-15(20)18-13-7-10(19(21)22)3-5-11(13)16/h2-7H,8H2,1H3,(H,18,20). The molecule has 2 aromatic carbocycles. The van der Waals surface area contributed by atoms with E-state index in [2.05, 4.69) is 5.32 Å². The summed E-state index contributed by atoms with van der Waals surface area (Å²) < 4.78 is 5.35. The fraction of sp³-hybridized carbons (Fsp3) is 0.133. The number of nitro benzene ring substituents is 1. The van der Waals surface area contributed by atoms with Crippen molar-refractivity contribution in [3.05, 3.63) is 62.1 Å². The second-order valence-electron chi connectivity index (χ2n) is 4.69. The highest BCUT2D eigenvalue weighted by atomic mass is 35.5. The number of carbonyl (C=O) groups is 1. The number of non-ortho nitro benzene ring substituents is 1. The maximum absolute atomic E-state index is 11.9. The third-order valence-corrected chi connectivity index (χ3v) is 3.52. The van der Waals surface area contributed by atoms with Crippen LogP contribution in [0.25, 0.3) is 0 Å². The van der Waals surface area contributed by atoms with Crippen LogP contribution in [0.5, 0.6) is 5.75 Å². The van der Waals surface area contributed by atoms with Crippen molar-refractivity contribution in [1.82, 2.24) is 0 Å². The number of hydrogen-bond donors (Lipinski definition) is 1. The van der Waals surface area contributed by atoms with Gasteiger partial charge in [-0.05, 0) is 30.7 Å². The molecule has 0 aliphatic heterocycles. The number of amides is 1. The molecule has 0 atom stereocenters. The first-order chi connectivity index (χ1) is 10.9. The van der Waals surface area contributed by atoms with E-state index in [0.717, 1.165) is 5.56 Å². The summed E-state index contributed by atoms with van der Waals surface area (Å²) in [5.41, 5.74) is 0.906. The van der Waals surface area contributed by atoms with E-state index in [9.17, 15) is 14.9 Å². The van der Waals surface area contributed by atoms with Crippen molar-refractivity contribution in [2.45, 2.75) is 6.92 Å². The molecule has 0 bridgehead atoms. The maximum Gasteiger partial charge on any atom is 0.271 e. The molecular weight excluding hydrogens is 343 g/mol. The number of carbonyl (C=O) groups excluding carboxylic acids is 1. The minimum atomic E-state index is -0.574. The summed E-state index contributed by atoms with van der Waals surface area (Å²) in [6.45, 7) is 1.56. The molecule has 0 saturated heterocycles. The number of anilines is 1. The van der Waals surface area contributed by atoms with Crippen LogP contribution in [-0.4, -0.2) is 17.4 Å². The highest BCUT2D eigenvalue weighted by Crippen LogP contribution is 2.27. The summed E-state index contributed by atoms with van der Waals surface area (Å²) in [5.74, 6) is -0.128. The third-order valence-electron chi connectivity index (χ3n) is 2.88. The largest absolute Gasteiger partial charge is 0.482 e. The number of benzene rings is 2. The van der Waals surface area contributed by atoms with E-state index in [-0.39, 0.29) is 23.0 Å². The number of hydrogen-bond acceptors (Lipinski definition) is 4. The van der Waals surface area contributed by atoms with Crippen molar-refractivity contribution in [2.24, 2.45) is 0 Å². The molecule has 0 spiro atoms. The fourth-order valence-corrected chi connectivity index (χ4v) is 2.11. The van der Waals surface area contributed by atoms with Crippen LogP contribution in [0.4, 0.5) is 11.4 Å². The number of rotatable bonds is 5. The predicted molar refractivity (Wildman–Crippen MR) is 88.4 cm³/mol. The van der Waals surface area contributed by atoms with Crippen LogP contribution in [0.1, 0.15) is 5.56 Å². The Labute approximate surface area is 142 Å². The van der Waals surface area contributed by atoms with Crippen LogP contribution in [0.15, 0.2) is 36.4 Å². The van der Waals surface area contributed by atoms with Gasteiger partial charge < -0.3 is 10.1 Å². The van der Waals surface area contributed by atoms with Gasteiger partial charge in [-0.3, -0.25) is 14.9 Å². The lowest BCUT2D eigenvalue weighted by molar-refractivity contribution is -0.384. The van der Waals surface area contributed by atoms with Crippen LogP contribution in [0, 0.1) is 17.0 Å². The molecule has 1 N–H and O–H groups in total. The average molecular weight is 355 g/mol. The lowest BCUT2D eigenvalue weighted by Gasteiger charge is -2.10. The van der Waals surface area contributed by atoms with Crippen molar-refractivity contribution >= 4 is 40.5 Å². The van der Waals surface area contributed by atoms with Gasteiger partial charge in [-0.2, -0.15) is 0 Å². The molecule has 120 valence electrons. The van der Waals surface area contributed by atoms with E-state index < -0.39 is 10.8 Å². The first kappa shape index (κ1) is 17.1. The Morgan fingerprint density at radius 1 is 1.22 bits per heavy atom. The molecule has 0 heterocycles. The number of halogens is 2. The lowest BCUT2D eigenvalue weighted by Crippen LogP contribution is -2.20. The van der Waals surface area contributed by atoms with Gasteiger partial charge in [0.15, 0.2) is 6.61 Å². The topological polar surface area (TPSA) is 81.5 Å². The van der Waals surface area contributed by atoms with Crippen molar-refractivity contribution in [3.63, 3.8) is 0 Å². The summed E-state index contributed by atoms with van der Waals surface area (Å²) >= 11 is 11.9. The Kier molecular flexibility index (Phi) is 5.41. The molecule has 0 radical (unpaired) electrons. The Morgan fingerprint density at radius 2 is 1.91 bits per heavy atom. The predicted octanol–water partition coefficient (Wildman–Crippen LogP) is 4.23. The zero-order valence-corrected chi connectivity index (χ0v) is 13.5. The summed E-state index contributed by atoms with van der Waals surface area (Å²) in [7, 11) is 0. The molecule has 0 aromatic heterocycles. The van der Waals surface area contributed by atoms with E-state index in [1.165, 1.54) is 18.2 Å². The summed E-state index contributed by atoms with van der Waals surface area (Å²) in [5, 5.41) is 13.8. The van der Waals surface area contributed by atoms with Crippen molar-refractivity contribution in [1.29, 1.82) is 0 Å². The molecule has 8 heteroatoms. The number of ether oxygens (including phenoxy) is 1. The van der Waals surface area contributed by atoms with Crippen LogP contribution in [-0.2, 0) is 4.79 Å². The van der Waals surface area contributed by atoms with Crippen LogP contribution >= 0.6 is 23.2 Å². The number of nitrogens with one attached hydrogen (secondary N) is 1. The van der Waals surface area contributed by atoms with Gasteiger partial charge in [-0.25, -0.2) is 0 Å². The second kappa shape index (κ2) is 7.30. The molecule has 0 saturated carbocycles. The third kappa shape index (κ3) is 4.58. The zero-order chi connectivity index (χ0) is 17.0. The summed E-state index contributed by atoms with van der Waals surface area (Å²) in [6, 6.07) is 8.96. The SMILES string of the molecule is Cc1ccc(Cl)c(OCC(=O)Nc2cc([N+](=O)[O-])ccc2Cl)c1. The minimum Gasteiger partial charge on any atom is -0.482 e. The minimum absolute atomic E-state index is 0.143. The van der Waals surface area contributed by atoms with E-state index in [0.29, 0.717) is 10.8 Å². The van der Waals surface area contributed by atoms with Crippen LogP contribution in [0.3, 0.4) is 0 Å². The lowest BCUT2D eigenvalue weighted by atomic mass is 10.2. The first-order valence-corrected chi connectivity index (χ1v) is 7.25. The molecular formula is C15H12Cl2N2O4. The van der Waals surface area contributed by atoms with Crippen LogP contribution in [0.2, 0.25) is 10.0 Å². The molecule has 0 unspecified atom stereocenters. The molecule has 6 nitrogen and oxygen atoms in total. The zero-order valence-electron chi connectivity index (χ0n) is 12.0. The fourth-order valence-electron chi connectivity index (χ4n) is 1.77. The summed E-state index contributed by atoms with van der Waals surface area (Å²) in [4.78, 5) is 22.1. The van der Waals surface area contributed by atoms with Gasteiger partial charge in [0.2, 0.25) is 0 Å². The number of nitrogens with zero attached hydrogens (tertiary/aromatic N) is 1. The van der Waals surface area contributed by atoms with Gasteiger partial charge in [-0.1, -0.05) is 29.3 Å². The molecule has 0 fully saturated rings. The average Bonchev–Trinajstić information content (AvgIpc) is 2.50. The molecule has 23 heavy (non-hydrogen) atoms. The van der Waals surface area contributed by atoms with Crippen LogP contribution < -0.4 is 10.1 Å². The highest BCUT2D eigenvalue weighted by Gasteiger charge is 2.13. The van der Waals surface area contributed by atoms with Gasteiger partial charge in [0.25, 0.3) is 11.6 Å². The quantitative estimate of drug-likeness (QED) is 0.643. The molecule has 0 aliphatic rings. The Bertz CT molecular complexity index is 765. The Morgan fingerprint density at radius 3 is 2.61 bits per heavy atom. The van der Waals surface area contributed by atoms with Crippen molar-refractivity contribution in [2.75, 3.05) is 11.9 Å². The molecule has 0 aliphatic carbocycles. The Hall–Kier alpha value is -2.31. The number of nitro groups is 1. The molecule has 2 aromatic rings. The monoisotopic (exact) mass is 354 g/mol.